The van der Waals surface area contributed by atoms with Crippen molar-refractivity contribution in [2.24, 2.45) is 5.92 Å². The van der Waals surface area contributed by atoms with Crippen LogP contribution >= 0.6 is 0 Å². The number of nitrogens with zero attached hydrogens (tertiary/aromatic N) is 2. The lowest BCUT2D eigenvalue weighted by Crippen LogP contribution is -2.49. The van der Waals surface area contributed by atoms with Crippen molar-refractivity contribution in [3.63, 3.8) is 0 Å². The number of hydrogen-bond donors (Lipinski definition) is 1. The van der Waals surface area contributed by atoms with Crippen molar-refractivity contribution in [2.75, 3.05) is 13.1 Å². The van der Waals surface area contributed by atoms with Gasteiger partial charge >= 0.3 is 0 Å². The van der Waals surface area contributed by atoms with Crippen LogP contribution in [-0.4, -0.2) is 51.8 Å². The number of carbonyl (C=O) groups is 3. The molecule has 2 atom stereocenters. The standard InChI is InChI=1S/C22H28N2O4/c25-18-11-5-9-16-20(18)22(28)24(21(16)27)13-4-3-12-19(26)23-14-6-8-15-7-1-2-10-17(15)23/h5,9,11,15,17,25H,1-4,6-8,10,12-14H2. The molecule has 6 heteroatoms. The highest BCUT2D eigenvalue weighted by atomic mass is 16.3. The number of imide groups is 1. The molecule has 2 aliphatic heterocycles. The van der Waals surface area contributed by atoms with Crippen molar-refractivity contribution in [3.05, 3.63) is 29.3 Å². The zero-order chi connectivity index (χ0) is 19.7. The lowest BCUT2D eigenvalue weighted by Gasteiger charge is -2.44. The Hall–Kier alpha value is -2.37. The molecule has 4 rings (SSSR count). The third-order valence-electron chi connectivity index (χ3n) is 6.56. The van der Waals surface area contributed by atoms with E-state index in [4.69, 9.17) is 0 Å². The minimum atomic E-state index is -0.439. The molecular formula is C22H28N2O4. The van der Waals surface area contributed by atoms with Gasteiger partial charge in [-0.3, -0.25) is 19.3 Å². The third kappa shape index (κ3) is 3.40. The Morgan fingerprint density at radius 3 is 2.64 bits per heavy atom. The number of hydrogen-bond acceptors (Lipinski definition) is 4. The van der Waals surface area contributed by atoms with E-state index in [9.17, 15) is 19.5 Å². The number of piperidine rings is 1. The lowest BCUT2D eigenvalue weighted by molar-refractivity contribution is -0.137. The predicted octanol–water partition coefficient (Wildman–Crippen LogP) is 3.34. The molecule has 2 unspecified atom stereocenters. The van der Waals surface area contributed by atoms with Crippen LogP contribution in [-0.2, 0) is 4.79 Å². The maximum absolute atomic E-state index is 12.7. The van der Waals surface area contributed by atoms with Crippen molar-refractivity contribution in [1.29, 1.82) is 0 Å². The van der Waals surface area contributed by atoms with Crippen LogP contribution in [0, 0.1) is 5.92 Å². The number of benzene rings is 1. The molecule has 6 nitrogen and oxygen atoms in total. The zero-order valence-corrected chi connectivity index (χ0v) is 16.2. The monoisotopic (exact) mass is 384 g/mol. The van der Waals surface area contributed by atoms with Gasteiger partial charge in [0.15, 0.2) is 0 Å². The summed E-state index contributed by atoms with van der Waals surface area (Å²) in [5.74, 6) is -0.0523. The summed E-state index contributed by atoms with van der Waals surface area (Å²) < 4.78 is 0. The second-order valence-corrected chi connectivity index (χ2v) is 8.26. The zero-order valence-electron chi connectivity index (χ0n) is 16.2. The van der Waals surface area contributed by atoms with Crippen LogP contribution in [0.4, 0.5) is 0 Å². The normalized spacial score (nSPS) is 24.3. The maximum atomic E-state index is 12.7. The molecule has 2 fully saturated rings. The van der Waals surface area contributed by atoms with Gasteiger partial charge in [-0.05, 0) is 56.6 Å². The quantitative estimate of drug-likeness (QED) is 0.624. The number of phenols is 1. The molecule has 0 aromatic heterocycles. The van der Waals surface area contributed by atoms with Crippen LogP contribution < -0.4 is 0 Å². The second-order valence-electron chi connectivity index (χ2n) is 8.26. The van der Waals surface area contributed by atoms with Crippen molar-refractivity contribution < 1.29 is 19.5 Å². The van der Waals surface area contributed by atoms with Gasteiger partial charge in [-0.1, -0.05) is 18.9 Å². The van der Waals surface area contributed by atoms with Crippen LogP contribution in [0.1, 0.15) is 78.5 Å². The van der Waals surface area contributed by atoms with Crippen LogP contribution in [0.2, 0.25) is 0 Å². The van der Waals surface area contributed by atoms with E-state index >= 15 is 0 Å². The first-order chi connectivity index (χ1) is 13.6. The molecule has 1 saturated heterocycles. The molecule has 3 aliphatic rings. The van der Waals surface area contributed by atoms with Crippen molar-refractivity contribution in [3.8, 4) is 5.75 Å². The molecule has 0 spiro atoms. The van der Waals surface area contributed by atoms with Crippen LogP contribution in [0.15, 0.2) is 18.2 Å². The van der Waals surface area contributed by atoms with Gasteiger partial charge in [0.1, 0.15) is 5.75 Å². The molecule has 1 aliphatic carbocycles. The molecule has 1 aromatic rings. The number of amides is 3. The first-order valence-electron chi connectivity index (χ1n) is 10.6. The Balaban J connectivity index is 1.28. The van der Waals surface area contributed by atoms with E-state index in [0.717, 1.165) is 19.4 Å². The van der Waals surface area contributed by atoms with Crippen LogP contribution in [0.3, 0.4) is 0 Å². The summed E-state index contributed by atoms with van der Waals surface area (Å²) >= 11 is 0. The highest BCUT2D eigenvalue weighted by Crippen LogP contribution is 2.35. The fraction of sp³-hybridized carbons (Fsp3) is 0.591. The number of fused-ring (bicyclic) bond motifs is 2. The van der Waals surface area contributed by atoms with Gasteiger partial charge in [0.25, 0.3) is 11.8 Å². The summed E-state index contributed by atoms with van der Waals surface area (Å²) in [7, 11) is 0. The van der Waals surface area contributed by atoms with Crippen LogP contribution in [0.5, 0.6) is 5.75 Å². The average molecular weight is 384 g/mol. The summed E-state index contributed by atoms with van der Waals surface area (Å²) in [4.78, 5) is 40.9. The van der Waals surface area contributed by atoms with Gasteiger partial charge in [0.2, 0.25) is 5.91 Å². The van der Waals surface area contributed by atoms with Gasteiger partial charge in [-0.15, -0.1) is 0 Å². The Labute approximate surface area is 165 Å². The smallest absolute Gasteiger partial charge is 0.265 e. The molecule has 1 saturated carbocycles. The van der Waals surface area contributed by atoms with Gasteiger partial charge in [-0.2, -0.15) is 0 Å². The molecule has 28 heavy (non-hydrogen) atoms. The molecule has 2 heterocycles. The van der Waals surface area contributed by atoms with Gasteiger partial charge in [-0.25, -0.2) is 0 Å². The number of carbonyl (C=O) groups excluding carboxylic acids is 3. The number of likely N-dealkylation sites (tertiary alicyclic amines) is 1. The number of unbranched alkanes of at least 4 members (excludes halogenated alkanes) is 1. The highest BCUT2D eigenvalue weighted by molar-refractivity contribution is 6.22. The summed E-state index contributed by atoms with van der Waals surface area (Å²) in [5.41, 5.74) is 0.359. The fourth-order valence-corrected chi connectivity index (χ4v) is 5.14. The average Bonchev–Trinajstić information content (AvgIpc) is 2.96. The van der Waals surface area contributed by atoms with Gasteiger partial charge in [0.05, 0.1) is 11.1 Å². The van der Waals surface area contributed by atoms with E-state index in [2.05, 4.69) is 4.90 Å². The fourth-order valence-electron chi connectivity index (χ4n) is 5.14. The maximum Gasteiger partial charge on any atom is 0.265 e. The largest absolute Gasteiger partial charge is 0.507 e. The first-order valence-corrected chi connectivity index (χ1v) is 10.6. The molecule has 0 bridgehead atoms. The van der Waals surface area contributed by atoms with E-state index in [0.29, 0.717) is 31.2 Å². The number of aromatic hydroxyl groups is 1. The van der Waals surface area contributed by atoms with E-state index < -0.39 is 5.91 Å². The molecule has 1 N–H and O–H groups in total. The van der Waals surface area contributed by atoms with Crippen molar-refractivity contribution in [2.45, 2.75) is 63.8 Å². The van der Waals surface area contributed by atoms with Crippen LogP contribution in [0.25, 0.3) is 0 Å². The minimum Gasteiger partial charge on any atom is -0.507 e. The molecular weight excluding hydrogens is 356 g/mol. The second kappa shape index (κ2) is 7.94. The first kappa shape index (κ1) is 19.0. The molecule has 1 aromatic carbocycles. The Bertz CT molecular complexity index is 789. The summed E-state index contributed by atoms with van der Waals surface area (Å²) in [6.07, 6.45) is 8.97. The Morgan fingerprint density at radius 2 is 1.82 bits per heavy atom. The topological polar surface area (TPSA) is 77.9 Å². The van der Waals surface area contributed by atoms with E-state index in [1.165, 1.54) is 36.6 Å². The highest BCUT2D eigenvalue weighted by Gasteiger charge is 2.38. The van der Waals surface area contributed by atoms with E-state index in [-0.39, 0.29) is 35.2 Å². The Kier molecular flexibility index (Phi) is 5.38. The molecule has 3 amide bonds. The molecule has 150 valence electrons. The molecule has 0 radical (unpaired) electrons. The van der Waals surface area contributed by atoms with Gasteiger partial charge < -0.3 is 10.0 Å². The Morgan fingerprint density at radius 1 is 1.04 bits per heavy atom. The lowest BCUT2D eigenvalue weighted by atomic mass is 9.78. The summed E-state index contributed by atoms with van der Waals surface area (Å²) in [5, 5.41) is 9.87. The van der Waals surface area contributed by atoms with E-state index in [1.54, 1.807) is 12.1 Å². The number of phenolic OH excluding ortho intramolecular Hbond substituents is 1. The van der Waals surface area contributed by atoms with Gasteiger partial charge in [0, 0.05) is 25.6 Å². The van der Waals surface area contributed by atoms with E-state index in [1.807, 2.05) is 0 Å². The summed E-state index contributed by atoms with van der Waals surface area (Å²) in [6.45, 7) is 1.16. The summed E-state index contributed by atoms with van der Waals surface area (Å²) in [6, 6.07) is 4.98. The van der Waals surface area contributed by atoms with Crippen molar-refractivity contribution in [1.82, 2.24) is 9.80 Å². The SMILES string of the molecule is O=C1c2cccc(O)c2C(=O)N1CCCCC(=O)N1CCCC2CCCCC21. The van der Waals surface area contributed by atoms with Crippen molar-refractivity contribution >= 4 is 17.7 Å². The number of rotatable bonds is 5. The third-order valence-corrected chi connectivity index (χ3v) is 6.56. The predicted molar refractivity (Wildman–Crippen MR) is 104 cm³/mol. The minimum absolute atomic E-state index is 0.0974.